The molecule has 0 fully saturated rings. The Kier molecular flexibility index (Phi) is 4.43. The van der Waals surface area contributed by atoms with E-state index in [1.54, 1.807) is 62.6 Å². The van der Waals surface area contributed by atoms with Crippen LogP contribution in [-0.2, 0) is 10.0 Å². The van der Waals surface area contributed by atoms with Gasteiger partial charge in [0.25, 0.3) is 10.0 Å². The number of hydrogen-bond donors (Lipinski definition) is 0. The third-order valence-electron chi connectivity index (χ3n) is 3.06. The Hall–Kier alpha value is -2.14. The summed E-state index contributed by atoms with van der Waals surface area (Å²) in [5.74, 6) is 0.662. The highest BCUT2D eigenvalue weighted by Crippen LogP contribution is 2.17. The highest BCUT2D eigenvalue weighted by molar-refractivity contribution is 7.90. The third kappa shape index (κ3) is 3.70. The van der Waals surface area contributed by atoms with Crippen molar-refractivity contribution in [1.82, 2.24) is 0 Å². The number of aryl methyl sites for hydroxylation is 1. The number of nitrogens with zero attached hydrogens (tertiary/aromatic N) is 1. The van der Waals surface area contributed by atoms with Gasteiger partial charge in [-0.05, 0) is 38.1 Å². The molecular weight excluding hydrogens is 286 g/mol. The van der Waals surface area contributed by atoms with E-state index < -0.39 is 10.0 Å². The fourth-order valence-electron chi connectivity index (χ4n) is 1.84. The molecule has 0 heterocycles. The van der Waals surface area contributed by atoms with E-state index in [2.05, 4.69) is 4.40 Å². The molecule has 4 nitrogen and oxygen atoms in total. The third-order valence-corrected chi connectivity index (χ3v) is 4.45. The molecule has 0 aromatic heterocycles. The molecule has 21 heavy (non-hydrogen) atoms. The molecule has 0 spiro atoms. The number of hydrogen-bond acceptors (Lipinski definition) is 3. The fraction of sp³-hybridized carbons (Fsp3) is 0.188. The van der Waals surface area contributed by atoms with E-state index in [0.29, 0.717) is 17.0 Å². The highest BCUT2D eigenvalue weighted by Gasteiger charge is 2.13. The van der Waals surface area contributed by atoms with Crippen LogP contribution < -0.4 is 4.74 Å². The summed E-state index contributed by atoms with van der Waals surface area (Å²) in [6.07, 6.45) is 0. The average molecular weight is 303 g/mol. The zero-order valence-electron chi connectivity index (χ0n) is 12.2. The second kappa shape index (κ2) is 6.10. The van der Waals surface area contributed by atoms with Crippen molar-refractivity contribution in [3.05, 3.63) is 59.7 Å². The lowest BCUT2D eigenvalue weighted by Gasteiger charge is -2.05. The van der Waals surface area contributed by atoms with Gasteiger partial charge in [-0.1, -0.05) is 29.8 Å². The Morgan fingerprint density at radius 1 is 1.10 bits per heavy atom. The molecule has 2 aromatic carbocycles. The lowest BCUT2D eigenvalue weighted by atomic mass is 10.1. The summed E-state index contributed by atoms with van der Waals surface area (Å²) in [5.41, 5.74) is 2.14. The lowest BCUT2D eigenvalue weighted by Crippen LogP contribution is -2.03. The van der Waals surface area contributed by atoms with E-state index in [1.807, 2.05) is 6.92 Å². The maximum Gasteiger partial charge on any atom is 0.282 e. The van der Waals surface area contributed by atoms with Gasteiger partial charge in [0.15, 0.2) is 0 Å². The van der Waals surface area contributed by atoms with Crippen molar-refractivity contribution in [2.75, 3.05) is 7.11 Å². The molecule has 0 N–H and O–H groups in total. The molecule has 0 saturated carbocycles. The summed E-state index contributed by atoms with van der Waals surface area (Å²) < 4.78 is 33.5. The minimum Gasteiger partial charge on any atom is -0.497 e. The van der Waals surface area contributed by atoms with Gasteiger partial charge in [0, 0.05) is 5.56 Å². The van der Waals surface area contributed by atoms with Gasteiger partial charge in [-0.2, -0.15) is 12.8 Å². The molecule has 0 amide bonds. The van der Waals surface area contributed by atoms with Crippen LogP contribution in [0.4, 0.5) is 0 Å². The quantitative estimate of drug-likeness (QED) is 0.815. The van der Waals surface area contributed by atoms with Gasteiger partial charge >= 0.3 is 0 Å². The van der Waals surface area contributed by atoms with Gasteiger partial charge in [0.1, 0.15) is 5.75 Å². The van der Waals surface area contributed by atoms with Crippen molar-refractivity contribution in [2.45, 2.75) is 18.7 Å². The first kappa shape index (κ1) is 15.3. The predicted octanol–water partition coefficient (Wildman–Crippen LogP) is 3.20. The lowest BCUT2D eigenvalue weighted by molar-refractivity contribution is 0.414. The zero-order chi connectivity index (χ0) is 15.5. The molecule has 0 saturated heterocycles. The summed E-state index contributed by atoms with van der Waals surface area (Å²) in [6.45, 7) is 3.57. The van der Waals surface area contributed by atoms with Crippen LogP contribution in [0.2, 0.25) is 0 Å². The highest BCUT2D eigenvalue weighted by atomic mass is 32.2. The topological polar surface area (TPSA) is 55.7 Å². The minimum absolute atomic E-state index is 0.190. The number of rotatable bonds is 4. The van der Waals surface area contributed by atoms with Gasteiger partial charge in [-0.25, -0.2) is 0 Å². The largest absolute Gasteiger partial charge is 0.497 e. The Labute approximate surface area is 125 Å². The van der Waals surface area contributed by atoms with Crippen molar-refractivity contribution >= 4 is 15.7 Å². The van der Waals surface area contributed by atoms with Crippen molar-refractivity contribution < 1.29 is 13.2 Å². The molecular formula is C16H17NO3S. The van der Waals surface area contributed by atoms with Crippen LogP contribution >= 0.6 is 0 Å². The van der Waals surface area contributed by atoms with Crippen LogP contribution in [0.15, 0.2) is 57.8 Å². The summed E-state index contributed by atoms with van der Waals surface area (Å²) >= 11 is 0. The first-order valence-electron chi connectivity index (χ1n) is 6.45. The van der Waals surface area contributed by atoms with E-state index in [9.17, 15) is 8.42 Å². The summed E-state index contributed by atoms with van der Waals surface area (Å²) in [7, 11) is -2.13. The molecule has 0 aliphatic heterocycles. The van der Waals surface area contributed by atoms with Crippen molar-refractivity contribution in [3.63, 3.8) is 0 Å². The van der Waals surface area contributed by atoms with Gasteiger partial charge < -0.3 is 4.74 Å². The molecule has 0 bridgehead atoms. The zero-order valence-corrected chi connectivity index (χ0v) is 13.0. The number of benzene rings is 2. The molecule has 2 rings (SSSR count). The second-order valence-corrected chi connectivity index (χ2v) is 6.30. The molecule has 0 radical (unpaired) electrons. The van der Waals surface area contributed by atoms with Crippen LogP contribution in [0.1, 0.15) is 18.1 Å². The molecule has 0 aliphatic carbocycles. The van der Waals surface area contributed by atoms with E-state index in [-0.39, 0.29) is 4.90 Å². The Morgan fingerprint density at radius 2 is 1.76 bits per heavy atom. The van der Waals surface area contributed by atoms with Crippen LogP contribution in [0.25, 0.3) is 0 Å². The molecule has 0 aliphatic rings. The SMILES string of the molecule is COc1cccc(/C(C)=N/S(=O)(=O)c2ccc(C)cc2)c1. The van der Waals surface area contributed by atoms with E-state index in [1.165, 1.54) is 0 Å². The summed E-state index contributed by atoms with van der Waals surface area (Å²) in [6, 6.07) is 13.8. The average Bonchev–Trinajstić information content (AvgIpc) is 2.47. The Bertz CT molecular complexity index is 762. The van der Waals surface area contributed by atoms with Gasteiger partial charge in [0.05, 0.1) is 17.7 Å². The molecule has 110 valence electrons. The normalized spacial score (nSPS) is 12.2. The van der Waals surface area contributed by atoms with Crippen molar-refractivity contribution in [1.29, 1.82) is 0 Å². The first-order valence-corrected chi connectivity index (χ1v) is 7.89. The van der Waals surface area contributed by atoms with Crippen LogP contribution in [-0.4, -0.2) is 21.2 Å². The standard InChI is InChI=1S/C16H17NO3S/c1-12-7-9-16(10-8-12)21(18,19)17-13(2)14-5-4-6-15(11-14)20-3/h4-11H,1-3H3/b17-13+. The van der Waals surface area contributed by atoms with Crippen LogP contribution in [0.3, 0.4) is 0 Å². The predicted molar refractivity (Wildman–Crippen MR) is 83.6 cm³/mol. The van der Waals surface area contributed by atoms with Crippen molar-refractivity contribution in [3.8, 4) is 5.75 Å². The van der Waals surface area contributed by atoms with Gasteiger partial charge in [-0.3, -0.25) is 0 Å². The van der Waals surface area contributed by atoms with Crippen LogP contribution in [0, 0.1) is 6.92 Å². The summed E-state index contributed by atoms with van der Waals surface area (Å²) in [4.78, 5) is 0.190. The number of sulfonamides is 1. The fourth-order valence-corrected chi connectivity index (χ4v) is 2.90. The Balaban J connectivity index is 2.38. The Morgan fingerprint density at radius 3 is 2.38 bits per heavy atom. The first-order chi connectivity index (χ1) is 9.92. The van der Waals surface area contributed by atoms with E-state index >= 15 is 0 Å². The van der Waals surface area contributed by atoms with Crippen LogP contribution in [0.5, 0.6) is 5.75 Å². The maximum atomic E-state index is 12.3. The van der Waals surface area contributed by atoms with Gasteiger partial charge in [0.2, 0.25) is 0 Å². The molecule has 0 unspecified atom stereocenters. The number of ether oxygens (including phenoxy) is 1. The monoisotopic (exact) mass is 303 g/mol. The minimum atomic E-state index is -3.70. The van der Waals surface area contributed by atoms with E-state index in [0.717, 1.165) is 5.56 Å². The maximum absolute atomic E-state index is 12.3. The molecule has 0 atom stereocenters. The molecule has 2 aromatic rings. The molecule has 5 heteroatoms. The second-order valence-electron chi connectivity index (χ2n) is 4.70. The van der Waals surface area contributed by atoms with Gasteiger partial charge in [-0.15, -0.1) is 0 Å². The smallest absolute Gasteiger partial charge is 0.282 e. The van der Waals surface area contributed by atoms with E-state index in [4.69, 9.17) is 4.74 Å². The van der Waals surface area contributed by atoms with Crippen molar-refractivity contribution in [2.24, 2.45) is 4.40 Å². The summed E-state index contributed by atoms with van der Waals surface area (Å²) in [5, 5.41) is 0. The number of methoxy groups -OCH3 is 1.